The van der Waals surface area contributed by atoms with Crippen LogP contribution in [0.4, 0.5) is 14.9 Å². The Balaban J connectivity index is 1.44. The molecule has 3 rings (SSSR count). The quantitative estimate of drug-likeness (QED) is 0.853. The average Bonchev–Trinajstić information content (AvgIpc) is 3.07. The van der Waals surface area contributed by atoms with Crippen LogP contribution in [0.25, 0.3) is 0 Å². The average molecular weight is 370 g/mol. The number of carbonyl (C=O) groups excluding carboxylic acids is 1. The third kappa shape index (κ3) is 5.06. The standard InChI is InChI=1S/C18H25ClFN3O2/c1-12-9-17(15(19)10-16(12)20)22-18(24)21-13-4-6-23(7-5-13)11-14-3-2-8-25-14/h9-10,13-14H,2-8,11H2,1H3,(H2,21,22,24)/t14-/m1/s1. The molecule has 2 heterocycles. The fourth-order valence-electron chi connectivity index (χ4n) is 3.43. The van der Waals surface area contributed by atoms with Crippen LogP contribution in [-0.2, 0) is 4.74 Å². The molecule has 0 bridgehead atoms. The predicted octanol–water partition coefficient (Wildman–Crippen LogP) is 3.55. The van der Waals surface area contributed by atoms with Crippen molar-refractivity contribution in [2.75, 3.05) is 31.6 Å². The van der Waals surface area contributed by atoms with E-state index in [1.807, 2.05) is 0 Å². The zero-order valence-corrected chi connectivity index (χ0v) is 15.2. The van der Waals surface area contributed by atoms with Crippen molar-refractivity contribution in [2.45, 2.75) is 44.8 Å². The van der Waals surface area contributed by atoms with E-state index in [1.165, 1.54) is 6.07 Å². The fraction of sp³-hybridized carbons (Fsp3) is 0.611. The molecule has 25 heavy (non-hydrogen) atoms. The minimum Gasteiger partial charge on any atom is -0.377 e. The van der Waals surface area contributed by atoms with Gasteiger partial charge in [0.2, 0.25) is 0 Å². The van der Waals surface area contributed by atoms with Gasteiger partial charge in [-0.25, -0.2) is 9.18 Å². The van der Waals surface area contributed by atoms with Crippen LogP contribution in [0, 0.1) is 12.7 Å². The number of hydrogen-bond donors (Lipinski definition) is 2. The number of piperidine rings is 1. The topological polar surface area (TPSA) is 53.6 Å². The minimum absolute atomic E-state index is 0.140. The maximum absolute atomic E-state index is 13.4. The highest BCUT2D eigenvalue weighted by molar-refractivity contribution is 6.33. The number of anilines is 1. The van der Waals surface area contributed by atoms with E-state index in [-0.39, 0.29) is 22.9 Å². The number of nitrogens with zero attached hydrogens (tertiary/aromatic N) is 1. The zero-order chi connectivity index (χ0) is 17.8. The van der Waals surface area contributed by atoms with Crippen LogP contribution >= 0.6 is 11.6 Å². The summed E-state index contributed by atoms with van der Waals surface area (Å²) in [6, 6.07) is 2.60. The number of carbonyl (C=O) groups is 1. The van der Waals surface area contributed by atoms with E-state index in [9.17, 15) is 9.18 Å². The number of amides is 2. The van der Waals surface area contributed by atoms with E-state index in [0.717, 1.165) is 51.9 Å². The first-order chi connectivity index (χ1) is 12.0. The minimum atomic E-state index is -0.380. The second kappa shape index (κ2) is 8.34. The summed E-state index contributed by atoms with van der Waals surface area (Å²) in [5.74, 6) is -0.380. The Kier molecular flexibility index (Phi) is 6.15. The molecule has 0 unspecified atom stereocenters. The van der Waals surface area contributed by atoms with Crippen molar-refractivity contribution in [1.82, 2.24) is 10.2 Å². The predicted molar refractivity (Wildman–Crippen MR) is 96.7 cm³/mol. The molecule has 138 valence electrons. The van der Waals surface area contributed by atoms with E-state index in [2.05, 4.69) is 15.5 Å². The van der Waals surface area contributed by atoms with Crippen molar-refractivity contribution >= 4 is 23.3 Å². The second-order valence-corrected chi connectivity index (χ2v) is 7.30. The fourth-order valence-corrected chi connectivity index (χ4v) is 3.63. The van der Waals surface area contributed by atoms with Crippen molar-refractivity contribution in [3.63, 3.8) is 0 Å². The highest BCUT2D eigenvalue weighted by Crippen LogP contribution is 2.25. The molecule has 2 aliphatic rings. The first-order valence-electron chi connectivity index (χ1n) is 8.88. The third-order valence-electron chi connectivity index (χ3n) is 4.91. The van der Waals surface area contributed by atoms with Crippen LogP contribution in [-0.4, -0.2) is 49.3 Å². The summed E-state index contributed by atoms with van der Waals surface area (Å²) in [6.45, 7) is 5.43. The van der Waals surface area contributed by atoms with E-state index in [1.54, 1.807) is 13.0 Å². The van der Waals surface area contributed by atoms with Crippen LogP contribution in [0.1, 0.15) is 31.2 Å². The number of ether oxygens (including phenoxy) is 1. The molecule has 2 amide bonds. The summed E-state index contributed by atoms with van der Waals surface area (Å²) in [6.07, 6.45) is 4.51. The van der Waals surface area contributed by atoms with E-state index in [4.69, 9.17) is 16.3 Å². The Labute approximate surface area is 152 Å². The monoisotopic (exact) mass is 369 g/mol. The third-order valence-corrected chi connectivity index (χ3v) is 5.22. The van der Waals surface area contributed by atoms with Gasteiger partial charge < -0.3 is 20.3 Å². The maximum atomic E-state index is 13.4. The molecule has 2 saturated heterocycles. The van der Waals surface area contributed by atoms with Gasteiger partial charge >= 0.3 is 6.03 Å². The molecule has 0 radical (unpaired) electrons. The number of urea groups is 1. The summed E-state index contributed by atoms with van der Waals surface area (Å²) in [4.78, 5) is 14.6. The van der Waals surface area contributed by atoms with Gasteiger partial charge in [-0.3, -0.25) is 0 Å². The van der Waals surface area contributed by atoms with Gasteiger partial charge in [-0.2, -0.15) is 0 Å². The lowest BCUT2D eigenvalue weighted by Crippen LogP contribution is -2.47. The molecule has 0 aliphatic carbocycles. The van der Waals surface area contributed by atoms with Gasteiger partial charge in [0.05, 0.1) is 16.8 Å². The van der Waals surface area contributed by atoms with Crippen LogP contribution in [0.15, 0.2) is 12.1 Å². The van der Waals surface area contributed by atoms with Gasteiger partial charge in [0.1, 0.15) is 5.82 Å². The summed E-state index contributed by atoms with van der Waals surface area (Å²) >= 11 is 5.99. The zero-order valence-electron chi connectivity index (χ0n) is 14.5. The summed E-state index contributed by atoms with van der Waals surface area (Å²) in [5, 5.41) is 5.89. The number of likely N-dealkylation sites (tertiary alicyclic amines) is 1. The largest absolute Gasteiger partial charge is 0.377 e. The first kappa shape index (κ1) is 18.4. The summed E-state index contributed by atoms with van der Waals surface area (Å²) in [7, 11) is 0. The molecule has 0 spiro atoms. The molecule has 1 aromatic rings. The number of benzene rings is 1. The Bertz CT molecular complexity index is 615. The van der Waals surface area contributed by atoms with Crippen LogP contribution in [0.5, 0.6) is 0 Å². The van der Waals surface area contributed by atoms with Crippen molar-refractivity contribution in [2.24, 2.45) is 0 Å². The van der Waals surface area contributed by atoms with Gasteiger partial charge in [-0.05, 0) is 50.3 Å². The lowest BCUT2D eigenvalue weighted by molar-refractivity contribution is 0.0633. The van der Waals surface area contributed by atoms with Crippen LogP contribution in [0.2, 0.25) is 5.02 Å². The second-order valence-electron chi connectivity index (χ2n) is 6.89. The smallest absolute Gasteiger partial charge is 0.319 e. The van der Waals surface area contributed by atoms with E-state index in [0.29, 0.717) is 17.4 Å². The van der Waals surface area contributed by atoms with Crippen LogP contribution < -0.4 is 10.6 Å². The highest BCUT2D eigenvalue weighted by atomic mass is 35.5. The Morgan fingerprint density at radius 3 is 2.80 bits per heavy atom. The number of hydrogen-bond acceptors (Lipinski definition) is 3. The molecule has 5 nitrogen and oxygen atoms in total. The summed E-state index contributed by atoms with van der Waals surface area (Å²) in [5.41, 5.74) is 0.871. The molecule has 0 aromatic heterocycles. The lowest BCUT2D eigenvalue weighted by atomic mass is 10.0. The van der Waals surface area contributed by atoms with Gasteiger partial charge in [0.15, 0.2) is 0 Å². The normalized spacial score (nSPS) is 22.1. The molecule has 2 fully saturated rings. The lowest BCUT2D eigenvalue weighted by Gasteiger charge is -2.33. The van der Waals surface area contributed by atoms with Crippen molar-refractivity contribution in [1.29, 1.82) is 0 Å². The SMILES string of the molecule is Cc1cc(NC(=O)NC2CCN(C[C@H]3CCCO3)CC2)c(Cl)cc1F. The molecule has 1 atom stereocenters. The van der Waals surface area contributed by atoms with E-state index >= 15 is 0 Å². The molecule has 2 aliphatic heterocycles. The van der Waals surface area contributed by atoms with Gasteiger partial charge in [0.25, 0.3) is 0 Å². The van der Waals surface area contributed by atoms with Gasteiger partial charge in [0, 0.05) is 32.3 Å². The Morgan fingerprint density at radius 2 is 2.12 bits per heavy atom. The van der Waals surface area contributed by atoms with Gasteiger partial charge in [-0.1, -0.05) is 11.6 Å². The van der Waals surface area contributed by atoms with Gasteiger partial charge in [-0.15, -0.1) is 0 Å². The maximum Gasteiger partial charge on any atom is 0.319 e. The molecule has 2 N–H and O–H groups in total. The van der Waals surface area contributed by atoms with Crippen molar-refractivity contribution < 1.29 is 13.9 Å². The molecule has 0 saturated carbocycles. The molecular weight excluding hydrogens is 345 g/mol. The molecule has 1 aromatic carbocycles. The number of halogens is 2. The number of nitrogens with one attached hydrogen (secondary N) is 2. The van der Waals surface area contributed by atoms with Crippen LogP contribution in [0.3, 0.4) is 0 Å². The molecular formula is C18H25ClFN3O2. The first-order valence-corrected chi connectivity index (χ1v) is 9.26. The number of rotatable bonds is 4. The molecule has 7 heteroatoms. The Hall–Kier alpha value is -1.37. The Morgan fingerprint density at radius 1 is 1.36 bits per heavy atom. The van der Waals surface area contributed by atoms with Crippen molar-refractivity contribution in [3.05, 3.63) is 28.5 Å². The van der Waals surface area contributed by atoms with E-state index < -0.39 is 0 Å². The number of aryl methyl sites for hydroxylation is 1. The highest BCUT2D eigenvalue weighted by Gasteiger charge is 2.24. The van der Waals surface area contributed by atoms with Crippen molar-refractivity contribution in [3.8, 4) is 0 Å². The summed E-state index contributed by atoms with van der Waals surface area (Å²) < 4.78 is 19.1.